The number of hydrogen-bond acceptors (Lipinski definition) is 5. The van der Waals surface area contributed by atoms with Gasteiger partial charge in [0.2, 0.25) is 5.91 Å². The summed E-state index contributed by atoms with van der Waals surface area (Å²) in [6.45, 7) is 4.82. The largest absolute Gasteiger partial charge is 0.472 e. The smallest absolute Gasteiger partial charge is 0.391 e. The van der Waals surface area contributed by atoms with E-state index in [1.54, 1.807) is 0 Å². The predicted octanol–water partition coefficient (Wildman–Crippen LogP) is 22.4. The number of amides is 1. The highest BCUT2D eigenvalue weighted by Gasteiger charge is 2.28. The number of unbranched alkanes of at least 4 members (excludes halogenated alkanes) is 42. The van der Waals surface area contributed by atoms with Crippen LogP contribution in [0.5, 0.6) is 0 Å². The summed E-state index contributed by atoms with van der Waals surface area (Å²) in [5, 5.41) is 14.1. The quantitative estimate of drug-likeness (QED) is 0.0243. The Bertz CT molecular complexity index is 1500. The molecule has 0 saturated heterocycles. The molecule has 0 bridgehead atoms. The average molecular weight is 1160 g/mol. The topological polar surface area (TPSA) is 105 Å². The lowest BCUT2D eigenvalue weighted by atomic mass is 10.0. The van der Waals surface area contributed by atoms with Crippen molar-refractivity contribution in [3.05, 3.63) is 60.8 Å². The van der Waals surface area contributed by atoms with Crippen LogP contribution in [-0.2, 0) is 18.4 Å². The fraction of sp³-hybridized carbons (Fsp3) is 0.847. The highest BCUT2D eigenvalue weighted by molar-refractivity contribution is 7.47. The molecule has 1 amide bonds. The average Bonchev–Trinajstić information content (AvgIpc) is 3.43. The molecule has 0 radical (unpaired) electrons. The monoisotopic (exact) mass is 1160 g/mol. The first kappa shape index (κ1) is 79.2. The Labute approximate surface area is 504 Å². The van der Waals surface area contributed by atoms with Crippen LogP contribution in [0, 0.1) is 0 Å². The van der Waals surface area contributed by atoms with Crippen molar-refractivity contribution in [3.8, 4) is 0 Å². The second-order valence-corrected chi connectivity index (χ2v) is 26.7. The lowest BCUT2D eigenvalue weighted by molar-refractivity contribution is -0.870. The van der Waals surface area contributed by atoms with Crippen LogP contribution in [0.1, 0.15) is 341 Å². The van der Waals surface area contributed by atoms with Crippen molar-refractivity contribution in [1.82, 2.24) is 5.32 Å². The van der Waals surface area contributed by atoms with Crippen LogP contribution in [0.25, 0.3) is 0 Å². The van der Waals surface area contributed by atoms with Gasteiger partial charge in [0.1, 0.15) is 13.2 Å². The molecule has 9 heteroatoms. The van der Waals surface area contributed by atoms with E-state index in [1.165, 1.54) is 244 Å². The van der Waals surface area contributed by atoms with Crippen LogP contribution in [0.3, 0.4) is 0 Å². The molecular formula is C72H138N2O6P+. The van der Waals surface area contributed by atoms with Gasteiger partial charge in [0.25, 0.3) is 0 Å². The van der Waals surface area contributed by atoms with Gasteiger partial charge in [-0.15, -0.1) is 0 Å². The Balaban J connectivity index is 3.88. The second-order valence-electron chi connectivity index (χ2n) is 25.2. The molecule has 0 aromatic heterocycles. The molecule has 0 aromatic carbocycles. The van der Waals surface area contributed by atoms with E-state index < -0.39 is 20.0 Å². The van der Waals surface area contributed by atoms with Gasteiger partial charge in [-0.1, -0.05) is 338 Å². The molecule has 8 nitrogen and oxygen atoms in total. The second kappa shape index (κ2) is 62.7. The Morgan fingerprint density at radius 1 is 0.432 bits per heavy atom. The van der Waals surface area contributed by atoms with Crippen molar-refractivity contribution in [3.63, 3.8) is 0 Å². The summed E-state index contributed by atoms with van der Waals surface area (Å²) in [6, 6.07) is -0.760. The van der Waals surface area contributed by atoms with Gasteiger partial charge in [0, 0.05) is 6.42 Å². The Hall–Kier alpha value is -1.80. The molecule has 0 rings (SSSR count). The third-order valence-corrected chi connectivity index (χ3v) is 17.0. The van der Waals surface area contributed by atoms with Crippen LogP contribution in [-0.4, -0.2) is 73.4 Å². The molecule has 3 unspecified atom stereocenters. The Morgan fingerprint density at radius 3 is 1.09 bits per heavy atom. The zero-order chi connectivity index (χ0) is 59.1. The fourth-order valence-electron chi connectivity index (χ4n) is 10.6. The zero-order valence-electron chi connectivity index (χ0n) is 54.5. The number of rotatable bonds is 65. The van der Waals surface area contributed by atoms with Gasteiger partial charge < -0.3 is 19.8 Å². The first-order valence-electron chi connectivity index (χ1n) is 35.2. The van der Waals surface area contributed by atoms with E-state index in [9.17, 15) is 19.4 Å². The van der Waals surface area contributed by atoms with Crippen LogP contribution in [0.2, 0.25) is 0 Å². The number of aliphatic hydroxyl groups is 1. The van der Waals surface area contributed by atoms with Crippen LogP contribution in [0.4, 0.5) is 0 Å². The fourth-order valence-corrected chi connectivity index (χ4v) is 11.3. The van der Waals surface area contributed by atoms with E-state index in [-0.39, 0.29) is 19.1 Å². The molecule has 0 heterocycles. The zero-order valence-corrected chi connectivity index (χ0v) is 55.4. The highest BCUT2D eigenvalue weighted by atomic mass is 31.2. The number of likely N-dealkylation sites (N-methyl/N-ethyl adjacent to an activating group) is 1. The normalized spacial score (nSPS) is 14.0. The molecule has 3 N–H and O–H groups in total. The summed E-state index contributed by atoms with van der Waals surface area (Å²) < 4.78 is 23.9. The molecule has 0 aliphatic heterocycles. The number of phosphoric acid groups is 1. The third-order valence-electron chi connectivity index (χ3n) is 16.0. The maximum absolute atomic E-state index is 13.1. The van der Waals surface area contributed by atoms with E-state index in [0.717, 1.165) is 70.6 Å². The SMILES string of the molecule is CC/C=C\C/C=C\C/C=C\C/C=C\C/C=C\CCCCCCCCCCCCCCCCCCCCCCCCCCCC(=O)NC(COP(=O)(O)OCC[N+](C)(C)C)C(O)CCCCCCCCCCCCCCCCCCCC. The van der Waals surface area contributed by atoms with Crippen molar-refractivity contribution >= 4 is 13.7 Å². The maximum atomic E-state index is 13.1. The third kappa shape index (κ3) is 65.6. The number of quaternary nitrogens is 1. The number of phosphoric ester groups is 1. The van der Waals surface area contributed by atoms with Crippen molar-refractivity contribution in [1.29, 1.82) is 0 Å². The molecule has 0 fully saturated rings. The molecule has 0 aliphatic rings. The Morgan fingerprint density at radius 2 is 0.741 bits per heavy atom. The van der Waals surface area contributed by atoms with E-state index in [2.05, 4.69) is 79.9 Å². The standard InChI is InChI=1S/C72H137N2O6P/c1-6-8-10-12-14-16-18-20-22-24-26-27-28-29-30-31-32-33-34-35-36-37-38-39-40-41-42-43-44-45-46-47-48-50-52-54-56-58-60-62-64-66-72(76)73-70(69-80-81(77,78)79-68-67-74(3,4)5)71(75)65-63-61-59-57-55-53-51-49-25-23-21-19-17-15-13-11-9-7-2/h8,10,14,16,20,22,26-27,29-30,70-71,75H,6-7,9,11-13,15,17-19,21,23-25,28,31-69H2,1-5H3,(H-,73,76,77,78)/p+1/b10-8-,16-14-,22-20-,27-26-,30-29-. The molecule has 476 valence electrons. The minimum Gasteiger partial charge on any atom is -0.391 e. The van der Waals surface area contributed by atoms with E-state index in [0.29, 0.717) is 23.9 Å². The lowest BCUT2D eigenvalue weighted by Crippen LogP contribution is -2.46. The van der Waals surface area contributed by atoms with Crippen LogP contribution in [0.15, 0.2) is 60.8 Å². The number of carbonyl (C=O) groups excluding carboxylic acids is 1. The molecule has 0 aromatic rings. The van der Waals surface area contributed by atoms with Gasteiger partial charge in [-0.3, -0.25) is 13.8 Å². The van der Waals surface area contributed by atoms with Crippen LogP contribution >= 0.6 is 7.82 Å². The first-order chi connectivity index (χ1) is 39.5. The van der Waals surface area contributed by atoms with Gasteiger partial charge in [-0.25, -0.2) is 4.57 Å². The summed E-state index contributed by atoms with van der Waals surface area (Å²) in [5.74, 6) is -0.138. The summed E-state index contributed by atoms with van der Waals surface area (Å²) in [5.41, 5.74) is 0. The molecule has 0 saturated carbocycles. The van der Waals surface area contributed by atoms with E-state index in [4.69, 9.17) is 9.05 Å². The molecule has 0 aliphatic carbocycles. The number of hydrogen-bond donors (Lipinski definition) is 3. The number of nitrogens with zero attached hydrogens (tertiary/aromatic N) is 1. The highest BCUT2D eigenvalue weighted by Crippen LogP contribution is 2.43. The van der Waals surface area contributed by atoms with Crippen molar-refractivity contribution < 1.29 is 32.9 Å². The van der Waals surface area contributed by atoms with Crippen molar-refractivity contribution in [2.45, 2.75) is 353 Å². The van der Waals surface area contributed by atoms with Gasteiger partial charge in [0.05, 0.1) is 39.9 Å². The Kier molecular flexibility index (Phi) is 61.3. The van der Waals surface area contributed by atoms with E-state index in [1.807, 2.05) is 21.1 Å². The number of nitrogens with one attached hydrogen (secondary N) is 1. The minimum atomic E-state index is -4.33. The van der Waals surface area contributed by atoms with Gasteiger partial charge >= 0.3 is 7.82 Å². The summed E-state index contributed by atoms with van der Waals surface area (Å²) in [4.78, 5) is 23.4. The minimum absolute atomic E-state index is 0.0765. The summed E-state index contributed by atoms with van der Waals surface area (Å²) >= 11 is 0. The van der Waals surface area contributed by atoms with Gasteiger partial charge in [0.15, 0.2) is 0 Å². The van der Waals surface area contributed by atoms with Gasteiger partial charge in [-0.2, -0.15) is 0 Å². The number of allylic oxidation sites excluding steroid dienone is 10. The lowest BCUT2D eigenvalue weighted by Gasteiger charge is -2.26. The molecule has 81 heavy (non-hydrogen) atoms. The predicted molar refractivity (Wildman–Crippen MR) is 355 cm³/mol. The molecular weight excluding hydrogens is 1020 g/mol. The van der Waals surface area contributed by atoms with Crippen molar-refractivity contribution in [2.75, 3.05) is 40.9 Å². The molecule has 0 spiro atoms. The number of aliphatic hydroxyl groups excluding tert-OH is 1. The van der Waals surface area contributed by atoms with E-state index >= 15 is 0 Å². The van der Waals surface area contributed by atoms with Crippen molar-refractivity contribution in [2.24, 2.45) is 0 Å². The van der Waals surface area contributed by atoms with Crippen LogP contribution < -0.4 is 5.32 Å². The molecule has 3 atom stereocenters. The summed E-state index contributed by atoms with van der Waals surface area (Å²) in [6.07, 6.45) is 86.2. The summed E-state index contributed by atoms with van der Waals surface area (Å²) in [7, 11) is 1.63. The number of carbonyl (C=O) groups is 1. The maximum Gasteiger partial charge on any atom is 0.472 e. The first-order valence-corrected chi connectivity index (χ1v) is 36.6. The van der Waals surface area contributed by atoms with Gasteiger partial charge in [-0.05, 0) is 57.8 Å².